The van der Waals surface area contributed by atoms with Gasteiger partial charge in [0.1, 0.15) is 11.6 Å². The van der Waals surface area contributed by atoms with Crippen LogP contribution in [0.2, 0.25) is 5.02 Å². The molecule has 0 saturated carbocycles. The minimum absolute atomic E-state index is 0.0628. The smallest absolute Gasteiger partial charge is 0.267 e. The van der Waals surface area contributed by atoms with Gasteiger partial charge >= 0.3 is 0 Å². The number of halogens is 3. The van der Waals surface area contributed by atoms with E-state index in [0.717, 1.165) is 28.4 Å². The molecule has 0 fully saturated rings. The summed E-state index contributed by atoms with van der Waals surface area (Å²) in [6.07, 6.45) is 0. The predicted octanol–water partition coefficient (Wildman–Crippen LogP) is 3.89. The monoisotopic (exact) mass is 332 g/mol. The number of hydrogen-bond acceptors (Lipinski definition) is 2. The van der Waals surface area contributed by atoms with Gasteiger partial charge in [-0.25, -0.2) is 13.5 Å². The normalized spacial score (nSPS) is 10.7. The van der Waals surface area contributed by atoms with Crippen molar-refractivity contribution in [2.24, 2.45) is 0 Å². The first-order valence-corrected chi connectivity index (χ1v) is 7.19. The Kier molecular flexibility index (Phi) is 4.21. The zero-order valence-corrected chi connectivity index (χ0v) is 12.6. The van der Waals surface area contributed by atoms with E-state index in [2.05, 4.69) is 5.10 Å². The molecule has 1 aromatic heterocycles. The highest BCUT2D eigenvalue weighted by Crippen LogP contribution is 2.18. The summed E-state index contributed by atoms with van der Waals surface area (Å²) in [5.41, 5.74) is 0.972. The van der Waals surface area contributed by atoms with Crippen LogP contribution in [-0.2, 0) is 6.54 Å². The molecule has 6 heteroatoms. The molecule has 3 aromatic rings. The third-order valence-electron chi connectivity index (χ3n) is 3.33. The molecule has 116 valence electrons. The highest BCUT2D eigenvalue weighted by molar-refractivity contribution is 6.30. The quantitative estimate of drug-likeness (QED) is 0.729. The second-order valence-electron chi connectivity index (χ2n) is 4.96. The molecule has 0 radical (unpaired) electrons. The largest absolute Gasteiger partial charge is 0.268 e. The number of rotatable bonds is 3. The van der Waals surface area contributed by atoms with E-state index in [1.54, 1.807) is 30.3 Å². The first kappa shape index (κ1) is 15.4. The van der Waals surface area contributed by atoms with Crippen LogP contribution < -0.4 is 5.56 Å². The van der Waals surface area contributed by atoms with Crippen LogP contribution in [0.25, 0.3) is 11.3 Å². The van der Waals surface area contributed by atoms with E-state index in [1.165, 1.54) is 6.07 Å². The second-order valence-corrected chi connectivity index (χ2v) is 5.39. The molecule has 0 atom stereocenters. The summed E-state index contributed by atoms with van der Waals surface area (Å²) in [7, 11) is 0. The van der Waals surface area contributed by atoms with Crippen molar-refractivity contribution >= 4 is 11.6 Å². The zero-order chi connectivity index (χ0) is 16.4. The van der Waals surface area contributed by atoms with Crippen molar-refractivity contribution in [2.45, 2.75) is 6.54 Å². The lowest BCUT2D eigenvalue weighted by molar-refractivity contribution is 0.558. The molecule has 0 amide bonds. The molecule has 0 saturated heterocycles. The summed E-state index contributed by atoms with van der Waals surface area (Å²) in [6, 6.07) is 13.0. The highest BCUT2D eigenvalue weighted by Gasteiger charge is 2.08. The Balaban J connectivity index is 1.99. The summed E-state index contributed by atoms with van der Waals surface area (Å²) in [5, 5.41) is 4.80. The SMILES string of the molecule is O=c1ccc(-c2ccc(Cl)cc2)nn1Cc1cc(F)ccc1F. The fraction of sp³-hybridized carbons (Fsp3) is 0.0588. The van der Waals surface area contributed by atoms with E-state index in [9.17, 15) is 13.6 Å². The average molecular weight is 333 g/mol. The Morgan fingerprint density at radius 2 is 1.74 bits per heavy atom. The van der Waals surface area contributed by atoms with E-state index >= 15 is 0 Å². The van der Waals surface area contributed by atoms with Crippen molar-refractivity contribution in [1.82, 2.24) is 9.78 Å². The molecule has 0 aliphatic heterocycles. The lowest BCUT2D eigenvalue weighted by atomic mass is 10.1. The molecule has 0 bridgehead atoms. The summed E-state index contributed by atoms with van der Waals surface area (Å²) in [6.45, 7) is -0.149. The average Bonchev–Trinajstić information content (AvgIpc) is 2.54. The van der Waals surface area contributed by atoms with Gasteiger partial charge in [0.2, 0.25) is 0 Å². The van der Waals surface area contributed by atoms with E-state index in [4.69, 9.17) is 11.6 Å². The van der Waals surface area contributed by atoms with Crippen molar-refractivity contribution in [2.75, 3.05) is 0 Å². The van der Waals surface area contributed by atoms with Gasteiger partial charge < -0.3 is 0 Å². The first-order valence-electron chi connectivity index (χ1n) is 6.81. The Morgan fingerprint density at radius 3 is 2.48 bits per heavy atom. The van der Waals surface area contributed by atoms with Gasteiger partial charge in [0.25, 0.3) is 5.56 Å². The fourth-order valence-electron chi connectivity index (χ4n) is 2.16. The van der Waals surface area contributed by atoms with Crippen LogP contribution >= 0.6 is 11.6 Å². The molecule has 0 N–H and O–H groups in total. The number of nitrogens with zero attached hydrogens (tertiary/aromatic N) is 2. The minimum Gasteiger partial charge on any atom is -0.268 e. The van der Waals surface area contributed by atoms with Crippen LogP contribution in [-0.4, -0.2) is 9.78 Å². The molecule has 1 heterocycles. The van der Waals surface area contributed by atoms with E-state index < -0.39 is 17.2 Å². The topological polar surface area (TPSA) is 34.9 Å². The van der Waals surface area contributed by atoms with Crippen molar-refractivity contribution in [3.63, 3.8) is 0 Å². The van der Waals surface area contributed by atoms with Crippen LogP contribution in [0, 0.1) is 11.6 Å². The fourth-order valence-corrected chi connectivity index (χ4v) is 2.29. The van der Waals surface area contributed by atoms with Crippen LogP contribution in [0.3, 0.4) is 0 Å². The van der Waals surface area contributed by atoms with Crippen molar-refractivity contribution in [3.05, 3.63) is 87.2 Å². The first-order chi connectivity index (χ1) is 11.0. The number of benzene rings is 2. The van der Waals surface area contributed by atoms with Crippen molar-refractivity contribution in [3.8, 4) is 11.3 Å². The molecule has 2 aromatic carbocycles. The molecule has 0 spiro atoms. The minimum atomic E-state index is -0.586. The number of aromatic nitrogens is 2. The summed E-state index contributed by atoms with van der Waals surface area (Å²) in [4.78, 5) is 11.9. The molecule has 0 aliphatic rings. The summed E-state index contributed by atoms with van der Waals surface area (Å²) < 4.78 is 28.1. The third kappa shape index (κ3) is 3.46. The van der Waals surface area contributed by atoms with Gasteiger partial charge in [0.05, 0.1) is 12.2 Å². The lowest BCUT2D eigenvalue weighted by Crippen LogP contribution is -2.23. The zero-order valence-electron chi connectivity index (χ0n) is 11.8. The Hall–Kier alpha value is -2.53. The standard InChI is InChI=1S/C17H11ClF2N2O/c18-13-3-1-11(2-4-13)16-7-8-17(23)22(21-16)10-12-9-14(19)5-6-15(12)20/h1-9H,10H2. The van der Waals surface area contributed by atoms with Crippen LogP contribution in [0.5, 0.6) is 0 Å². The maximum absolute atomic E-state index is 13.7. The molecule has 0 unspecified atom stereocenters. The van der Waals surface area contributed by atoms with Gasteiger partial charge in [-0.15, -0.1) is 0 Å². The lowest BCUT2D eigenvalue weighted by Gasteiger charge is -2.08. The molecule has 23 heavy (non-hydrogen) atoms. The maximum Gasteiger partial charge on any atom is 0.267 e. The number of hydrogen-bond donors (Lipinski definition) is 0. The van der Waals surface area contributed by atoms with Gasteiger partial charge in [-0.05, 0) is 36.4 Å². The maximum atomic E-state index is 13.7. The second kappa shape index (κ2) is 6.30. The van der Waals surface area contributed by atoms with Gasteiger partial charge in [-0.2, -0.15) is 5.10 Å². The predicted molar refractivity (Wildman–Crippen MR) is 84.4 cm³/mol. The summed E-state index contributed by atoms with van der Waals surface area (Å²) >= 11 is 5.84. The Morgan fingerprint density at radius 1 is 1.00 bits per heavy atom. The third-order valence-corrected chi connectivity index (χ3v) is 3.59. The van der Waals surface area contributed by atoms with Gasteiger partial charge in [0, 0.05) is 22.2 Å². The van der Waals surface area contributed by atoms with Crippen LogP contribution in [0.1, 0.15) is 5.56 Å². The molecule has 0 aliphatic carbocycles. The summed E-state index contributed by atoms with van der Waals surface area (Å²) in [5.74, 6) is -1.15. The van der Waals surface area contributed by atoms with E-state index in [-0.39, 0.29) is 12.1 Å². The van der Waals surface area contributed by atoms with Gasteiger partial charge in [-0.1, -0.05) is 23.7 Å². The van der Waals surface area contributed by atoms with Crippen LogP contribution in [0.4, 0.5) is 8.78 Å². The molecule has 3 rings (SSSR count). The highest BCUT2D eigenvalue weighted by atomic mass is 35.5. The van der Waals surface area contributed by atoms with Crippen molar-refractivity contribution in [1.29, 1.82) is 0 Å². The van der Waals surface area contributed by atoms with E-state index in [0.29, 0.717) is 10.7 Å². The van der Waals surface area contributed by atoms with Gasteiger partial charge in [-0.3, -0.25) is 4.79 Å². The Labute approximate surface area is 135 Å². The van der Waals surface area contributed by atoms with Crippen molar-refractivity contribution < 1.29 is 8.78 Å². The Bertz CT molecular complexity index is 907. The molecular formula is C17H11ClF2N2O. The van der Waals surface area contributed by atoms with E-state index in [1.807, 2.05) is 0 Å². The molecule has 3 nitrogen and oxygen atoms in total. The molecular weight excluding hydrogens is 322 g/mol. The van der Waals surface area contributed by atoms with Crippen LogP contribution in [0.15, 0.2) is 59.4 Å². The van der Waals surface area contributed by atoms with Gasteiger partial charge in [0.15, 0.2) is 0 Å².